The molecule has 16 heavy (non-hydrogen) atoms. The van der Waals surface area contributed by atoms with Crippen LogP contribution >= 0.6 is 11.8 Å². The van der Waals surface area contributed by atoms with Crippen molar-refractivity contribution < 1.29 is 0 Å². The Bertz CT molecular complexity index is 201. The molecule has 0 aromatic rings. The topological polar surface area (TPSA) is 12.0 Å². The van der Waals surface area contributed by atoms with Crippen LogP contribution in [0, 0.1) is 5.92 Å². The van der Waals surface area contributed by atoms with E-state index in [4.69, 9.17) is 0 Å². The zero-order chi connectivity index (χ0) is 11.4. The van der Waals surface area contributed by atoms with E-state index < -0.39 is 0 Å². The number of hydrogen-bond acceptors (Lipinski definition) is 2. The van der Waals surface area contributed by atoms with Gasteiger partial charge in [0.05, 0.1) is 0 Å². The SMILES string of the molecule is CSC1(CNC(C)C2CCCCC2)CCC1. The van der Waals surface area contributed by atoms with Crippen molar-refractivity contribution in [1.82, 2.24) is 5.32 Å². The summed E-state index contributed by atoms with van der Waals surface area (Å²) >= 11 is 2.09. The van der Waals surface area contributed by atoms with Gasteiger partial charge in [0.25, 0.3) is 0 Å². The normalized spacial score (nSPS) is 27.4. The first-order chi connectivity index (χ1) is 7.76. The first kappa shape index (κ1) is 12.8. The van der Waals surface area contributed by atoms with Gasteiger partial charge in [-0.15, -0.1) is 0 Å². The summed E-state index contributed by atoms with van der Waals surface area (Å²) in [5, 5.41) is 3.83. The smallest absolute Gasteiger partial charge is 0.0281 e. The van der Waals surface area contributed by atoms with Crippen LogP contribution in [0.3, 0.4) is 0 Å². The molecule has 2 saturated carbocycles. The Kier molecular flexibility index (Phi) is 4.60. The molecule has 2 aliphatic carbocycles. The highest BCUT2D eigenvalue weighted by Gasteiger charge is 2.36. The van der Waals surface area contributed by atoms with Gasteiger partial charge in [-0.05, 0) is 44.8 Å². The van der Waals surface area contributed by atoms with Crippen LogP contribution in [0.1, 0.15) is 58.3 Å². The molecule has 94 valence electrons. The van der Waals surface area contributed by atoms with Gasteiger partial charge in [0.2, 0.25) is 0 Å². The molecule has 0 saturated heterocycles. The summed E-state index contributed by atoms with van der Waals surface area (Å²) in [6.07, 6.45) is 13.9. The monoisotopic (exact) mass is 241 g/mol. The van der Waals surface area contributed by atoms with Crippen LogP contribution in [-0.4, -0.2) is 23.6 Å². The van der Waals surface area contributed by atoms with Gasteiger partial charge in [0.15, 0.2) is 0 Å². The zero-order valence-electron chi connectivity index (χ0n) is 10.9. The second kappa shape index (κ2) is 5.77. The standard InChI is InChI=1S/C14H27NS/c1-12(13-7-4-3-5-8-13)15-11-14(16-2)9-6-10-14/h12-13,15H,3-11H2,1-2H3. The molecule has 0 aromatic heterocycles. The fraction of sp³-hybridized carbons (Fsp3) is 1.00. The van der Waals surface area contributed by atoms with E-state index in [1.165, 1.54) is 57.9 Å². The van der Waals surface area contributed by atoms with Gasteiger partial charge in [0.1, 0.15) is 0 Å². The number of nitrogens with one attached hydrogen (secondary N) is 1. The Balaban J connectivity index is 1.71. The van der Waals surface area contributed by atoms with Crippen molar-refractivity contribution in [1.29, 1.82) is 0 Å². The summed E-state index contributed by atoms with van der Waals surface area (Å²) in [5.41, 5.74) is 0. The summed E-state index contributed by atoms with van der Waals surface area (Å²) in [6.45, 7) is 3.65. The lowest BCUT2D eigenvalue weighted by molar-refractivity contribution is 0.257. The Labute approximate surface area is 105 Å². The van der Waals surface area contributed by atoms with Crippen molar-refractivity contribution in [3.05, 3.63) is 0 Å². The number of thioether (sulfide) groups is 1. The molecule has 1 atom stereocenters. The second-order valence-corrected chi connectivity index (χ2v) is 7.08. The fourth-order valence-corrected chi connectivity index (χ4v) is 4.10. The quantitative estimate of drug-likeness (QED) is 0.785. The molecule has 0 aromatic carbocycles. The molecule has 0 radical (unpaired) electrons. The Morgan fingerprint density at radius 3 is 2.38 bits per heavy atom. The van der Waals surface area contributed by atoms with Crippen LogP contribution in [0.4, 0.5) is 0 Å². The van der Waals surface area contributed by atoms with Crippen LogP contribution in [0.15, 0.2) is 0 Å². The minimum Gasteiger partial charge on any atom is -0.313 e. The Morgan fingerprint density at radius 2 is 1.88 bits per heavy atom. The summed E-state index contributed by atoms with van der Waals surface area (Å²) in [7, 11) is 0. The van der Waals surface area contributed by atoms with E-state index in [1.807, 2.05) is 0 Å². The lowest BCUT2D eigenvalue weighted by Crippen LogP contribution is -2.47. The molecule has 0 amide bonds. The van der Waals surface area contributed by atoms with Gasteiger partial charge >= 0.3 is 0 Å². The minimum absolute atomic E-state index is 0.600. The van der Waals surface area contributed by atoms with Gasteiger partial charge in [-0.3, -0.25) is 0 Å². The van der Waals surface area contributed by atoms with Gasteiger partial charge in [-0.1, -0.05) is 25.7 Å². The largest absolute Gasteiger partial charge is 0.313 e. The molecule has 2 fully saturated rings. The summed E-state index contributed by atoms with van der Waals surface area (Å²) < 4.78 is 0.600. The van der Waals surface area contributed by atoms with Crippen molar-refractivity contribution in [2.75, 3.05) is 12.8 Å². The molecule has 2 heteroatoms. The summed E-state index contributed by atoms with van der Waals surface area (Å²) in [5.74, 6) is 0.952. The second-order valence-electron chi connectivity index (χ2n) is 5.81. The average Bonchev–Trinajstić information content (AvgIpc) is 2.29. The Hall–Kier alpha value is 0.310. The zero-order valence-corrected chi connectivity index (χ0v) is 11.7. The first-order valence-corrected chi connectivity index (χ1v) is 8.27. The molecule has 0 heterocycles. The van der Waals surface area contributed by atoms with E-state index in [0.717, 1.165) is 12.0 Å². The highest BCUT2D eigenvalue weighted by molar-refractivity contribution is 8.00. The maximum atomic E-state index is 3.83. The van der Waals surface area contributed by atoms with Gasteiger partial charge in [0, 0.05) is 17.3 Å². The predicted molar refractivity (Wildman–Crippen MR) is 74.1 cm³/mol. The average molecular weight is 241 g/mol. The van der Waals surface area contributed by atoms with Crippen LogP contribution < -0.4 is 5.32 Å². The highest BCUT2D eigenvalue weighted by atomic mass is 32.2. The van der Waals surface area contributed by atoms with E-state index in [2.05, 4.69) is 30.3 Å². The fourth-order valence-electron chi connectivity index (χ4n) is 3.17. The van der Waals surface area contributed by atoms with E-state index >= 15 is 0 Å². The predicted octanol–water partition coefficient (Wildman–Crippen LogP) is 3.83. The van der Waals surface area contributed by atoms with Crippen LogP contribution in [-0.2, 0) is 0 Å². The first-order valence-electron chi connectivity index (χ1n) is 7.04. The Morgan fingerprint density at radius 1 is 1.19 bits per heavy atom. The highest BCUT2D eigenvalue weighted by Crippen LogP contribution is 2.42. The third-order valence-electron chi connectivity index (χ3n) is 4.80. The minimum atomic E-state index is 0.600. The lowest BCUT2D eigenvalue weighted by atomic mass is 9.82. The molecular formula is C14H27NS. The van der Waals surface area contributed by atoms with Gasteiger partial charge < -0.3 is 5.32 Å². The maximum Gasteiger partial charge on any atom is 0.0281 e. The third kappa shape index (κ3) is 2.95. The van der Waals surface area contributed by atoms with E-state index in [9.17, 15) is 0 Å². The summed E-state index contributed by atoms with van der Waals surface area (Å²) in [4.78, 5) is 0. The van der Waals surface area contributed by atoms with Crippen molar-refractivity contribution in [3.8, 4) is 0 Å². The summed E-state index contributed by atoms with van der Waals surface area (Å²) in [6, 6.07) is 0.741. The van der Waals surface area contributed by atoms with Crippen molar-refractivity contribution >= 4 is 11.8 Å². The maximum absolute atomic E-state index is 3.83. The molecular weight excluding hydrogens is 214 g/mol. The van der Waals surface area contributed by atoms with Crippen LogP contribution in [0.2, 0.25) is 0 Å². The van der Waals surface area contributed by atoms with Crippen LogP contribution in [0.5, 0.6) is 0 Å². The molecule has 2 aliphatic rings. The van der Waals surface area contributed by atoms with Crippen LogP contribution in [0.25, 0.3) is 0 Å². The van der Waals surface area contributed by atoms with Crippen molar-refractivity contribution in [2.24, 2.45) is 5.92 Å². The number of hydrogen-bond donors (Lipinski definition) is 1. The van der Waals surface area contributed by atoms with Crippen molar-refractivity contribution in [2.45, 2.75) is 69.1 Å². The molecule has 0 aliphatic heterocycles. The third-order valence-corrected chi connectivity index (χ3v) is 6.22. The van der Waals surface area contributed by atoms with E-state index in [-0.39, 0.29) is 0 Å². The van der Waals surface area contributed by atoms with Gasteiger partial charge in [-0.25, -0.2) is 0 Å². The lowest BCUT2D eigenvalue weighted by Gasteiger charge is -2.42. The molecule has 2 rings (SSSR count). The molecule has 1 nitrogen and oxygen atoms in total. The molecule has 0 spiro atoms. The van der Waals surface area contributed by atoms with Crippen molar-refractivity contribution in [3.63, 3.8) is 0 Å². The van der Waals surface area contributed by atoms with E-state index in [1.54, 1.807) is 0 Å². The number of rotatable bonds is 5. The molecule has 1 unspecified atom stereocenters. The van der Waals surface area contributed by atoms with E-state index in [0.29, 0.717) is 4.75 Å². The molecule has 0 bridgehead atoms. The van der Waals surface area contributed by atoms with Gasteiger partial charge in [-0.2, -0.15) is 11.8 Å². The molecule has 1 N–H and O–H groups in total.